The number of halogens is 1. The smallest absolute Gasteiger partial charge is 0.118 e. The Morgan fingerprint density at radius 1 is 1.08 bits per heavy atom. The van der Waals surface area contributed by atoms with Crippen LogP contribution in [0.1, 0.15) is 25.0 Å². The summed E-state index contributed by atoms with van der Waals surface area (Å²) in [5.41, 5.74) is 1.72. The van der Waals surface area contributed by atoms with Gasteiger partial charge in [0.1, 0.15) is 5.75 Å². The first-order valence-corrected chi connectivity index (χ1v) is 4.45. The summed E-state index contributed by atoms with van der Waals surface area (Å²) in [7, 11) is 0. The van der Waals surface area contributed by atoms with Crippen LogP contribution in [-0.2, 0) is 0 Å². The zero-order valence-electron chi connectivity index (χ0n) is 7.98. The molecule has 0 saturated carbocycles. The normalized spacial score (nSPS) is 8.75. The average Bonchev–Trinajstić information content (AvgIpc) is 2.05. The first kappa shape index (κ1) is 11.3. The van der Waals surface area contributed by atoms with E-state index < -0.39 is 0 Å². The maximum Gasteiger partial charge on any atom is 0.118 e. The van der Waals surface area contributed by atoms with Gasteiger partial charge in [0, 0.05) is 5.02 Å². The molecule has 1 nitrogen and oxygen atoms in total. The van der Waals surface area contributed by atoms with Crippen LogP contribution in [0.25, 0.3) is 0 Å². The van der Waals surface area contributed by atoms with E-state index in [-0.39, 0.29) is 0 Å². The van der Waals surface area contributed by atoms with Gasteiger partial charge in [-0.25, -0.2) is 0 Å². The second-order valence-corrected chi connectivity index (χ2v) is 2.80. The summed E-state index contributed by atoms with van der Waals surface area (Å²) < 4.78 is 0. The second kappa shape index (κ2) is 5.04. The van der Waals surface area contributed by atoms with Gasteiger partial charge in [0.2, 0.25) is 0 Å². The number of phenols is 1. The Hall–Kier alpha value is -0.690. The van der Waals surface area contributed by atoms with Crippen LogP contribution >= 0.6 is 11.6 Å². The van der Waals surface area contributed by atoms with Gasteiger partial charge in [-0.1, -0.05) is 25.4 Å². The lowest BCUT2D eigenvalue weighted by molar-refractivity contribution is 0.470. The Balaban J connectivity index is 0.000000561. The molecule has 0 aliphatic heterocycles. The predicted octanol–water partition coefficient (Wildman–Crippen LogP) is 3.69. The van der Waals surface area contributed by atoms with Gasteiger partial charge in [-0.3, -0.25) is 0 Å². The number of hydrogen-bond acceptors (Lipinski definition) is 1. The molecule has 0 bridgehead atoms. The molecule has 0 fully saturated rings. The Kier molecular flexibility index (Phi) is 4.75. The van der Waals surface area contributed by atoms with Crippen molar-refractivity contribution in [1.82, 2.24) is 0 Å². The van der Waals surface area contributed by atoms with Crippen molar-refractivity contribution in [3.05, 3.63) is 28.3 Å². The Bertz CT molecular complexity index is 206. The second-order valence-electron chi connectivity index (χ2n) is 2.39. The average molecular weight is 187 g/mol. The maximum absolute atomic E-state index is 9.17. The highest BCUT2D eigenvalue weighted by atomic mass is 35.5. The molecule has 1 aromatic rings. The van der Waals surface area contributed by atoms with E-state index in [4.69, 9.17) is 16.7 Å². The molecular formula is C10H15ClO. The Morgan fingerprint density at radius 2 is 1.58 bits per heavy atom. The molecule has 1 aromatic carbocycles. The van der Waals surface area contributed by atoms with E-state index >= 15 is 0 Å². The molecule has 0 spiro atoms. The number of benzene rings is 1. The van der Waals surface area contributed by atoms with Crippen molar-refractivity contribution >= 4 is 11.6 Å². The zero-order chi connectivity index (χ0) is 9.72. The highest BCUT2D eigenvalue weighted by Gasteiger charge is 1.99. The van der Waals surface area contributed by atoms with Gasteiger partial charge in [-0.2, -0.15) is 0 Å². The third-order valence-corrected chi connectivity index (χ3v) is 1.88. The standard InChI is InChI=1S/C8H9ClO.C2H6/c1-5-4-8(10)6(2)3-7(5)9;1-2/h3-4,10H,1-2H3;1-2H3. The van der Waals surface area contributed by atoms with Gasteiger partial charge in [-0.05, 0) is 37.1 Å². The van der Waals surface area contributed by atoms with Gasteiger partial charge in [0.15, 0.2) is 0 Å². The molecule has 0 aliphatic rings. The largest absolute Gasteiger partial charge is 0.508 e. The lowest BCUT2D eigenvalue weighted by Crippen LogP contribution is -1.78. The number of aromatic hydroxyl groups is 1. The molecule has 0 atom stereocenters. The van der Waals surface area contributed by atoms with E-state index in [2.05, 4.69) is 0 Å². The van der Waals surface area contributed by atoms with Crippen molar-refractivity contribution in [3.63, 3.8) is 0 Å². The third-order valence-electron chi connectivity index (χ3n) is 1.48. The summed E-state index contributed by atoms with van der Waals surface area (Å²) in [6.07, 6.45) is 0. The van der Waals surface area contributed by atoms with E-state index in [1.807, 2.05) is 27.7 Å². The summed E-state index contributed by atoms with van der Waals surface area (Å²) in [5.74, 6) is 0.307. The van der Waals surface area contributed by atoms with Crippen molar-refractivity contribution in [2.45, 2.75) is 27.7 Å². The van der Waals surface area contributed by atoms with Gasteiger partial charge < -0.3 is 5.11 Å². The zero-order valence-corrected chi connectivity index (χ0v) is 8.74. The van der Waals surface area contributed by atoms with Crippen molar-refractivity contribution < 1.29 is 5.11 Å². The molecule has 12 heavy (non-hydrogen) atoms. The molecular weight excluding hydrogens is 172 g/mol. The summed E-state index contributed by atoms with van der Waals surface area (Å²) in [4.78, 5) is 0. The van der Waals surface area contributed by atoms with E-state index in [0.717, 1.165) is 11.1 Å². The van der Waals surface area contributed by atoms with Crippen molar-refractivity contribution in [1.29, 1.82) is 0 Å². The van der Waals surface area contributed by atoms with Crippen LogP contribution in [0.15, 0.2) is 12.1 Å². The van der Waals surface area contributed by atoms with Crippen LogP contribution in [0.3, 0.4) is 0 Å². The Morgan fingerprint density at radius 3 is 2.00 bits per heavy atom. The highest BCUT2D eigenvalue weighted by Crippen LogP contribution is 2.24. The lowest BCUT2D eigenvalue weighted by Gasteiger charge is -2.01. The predicted molar refractivity (Wildman–Crippen MR) is 53.9 cm³/mol. The molecule has 0 saturated heterocycles. The number of aryl methyl sites for hydroxylation is 2. The fourth-order valence-electron chi connectivity index (χ4n) is 0.766. The van der Waals surface area contributed by atoms with E-state index in [9.17, 15) is 0 Å². The number of phenolic OH excluding ortho intramolecular Hbond substituents is 1. The quantitative estimate of drug-likeness (QED) is 0.655. The molecule has 0 aliphatic carbocycles. The van der Waals surface area contributed by atoms with Gasteiger partial charge in [0.05, 0.1) is 0 Å². The molecule has 0 amide bonds. The SMILES string of the molecule is CC.Cc1cc(Cl)c(C)cc1O. The van der Waals surface area contributed by atoms with Crippen LogP contribution in [-0.4, -0.2) is 5.11 Å². The van der Waals surface area contributed by atoms with Gasteiger partial charge >= 0.3 is 0 Å². The van der Waals surface area contributed by atoms with E-state index in [1.54, 1.807) is 12.1 Å². The van der Waals surface area contributed by atoms with Gasteiger partial charge in [0.25, 0.3) is 0 Å². The van der Waals surface area contributed by atoms with Crippen LogP contribution in [0.4, 0.5) is 0 Å². The Labute approximate surface area is 79.0 Å². The molecule has 68 valence electrons. The van der Waals surface area contributed by atoms with Crippen molar-refractivity contribution in [3.8, 4) is 5.75 Å². The highest BCUT2D eigenvalue weighted by molar-refractivity contribution is 6.31. The first-order chi connectivity index (χ1) is 5.61. The summed E-state index contributed by atoms with van der Waals surface area (Å²) >= 11 is 5.77. The molecule has 0 aromatic heterocycles. The van der Waals surface area contributed by atoms with Crippen molar-refractivity contribution in [2.75, 3.05) is 0 Å². The minimum absolute atomic E-state index is 0.307. The maximum atomic E-state index is 9.17. The molecule has 2 heteroatoms. The van der Waals surface area contributed by atoms with Gasteiger partial charge in [-0.15, -0.1) is 0 Å². The molecule has 0 heterocycles. The number of hydrogen-bond donors (Lipinski definition) is 1. The summed E-state index contributed by atoms with van der Waals surface area (Å²) in [5, 5.41) is 9.87. The monoisotopic (exact) mass is 186 g/mol. The summed E-state index contributed by atoms with van der Waals surface area (Å²) in [6, 6.07) is 3.42. The summed E-state index contributed by atoms with van der Waals surface area (Å²) in [6.45, 7) is 7.68. The number of rotatable bonds is 0. The minimum Gasteiger partial charge on any atom is -0.508 e. The van der Waals surface area contributed by atoms with Crippen molar-refractivity contribution in [2.24, 2.45) is 0 Å². The van der Waals surface area contributed by atoms with Crippen LogP contribution in [0.5, 0.6) is 5.75 Å². The lowest BCUT2D eigenvalue weighted by atomic mass is 10.1. The first-order valence-electron chi connectivity index (χ1n) is 4.07. The van der Waals surface area contributed by atoms with E-state index in [0.29, 0.717) is 10.8 Å². The fourth-order valence-corrected chi connectivity index (χ4v) is 0.984. The minimum atomic E-state index is 0.307. The van der Waals surface area contributed by atoms with Crippen LogP contribution in [0.2, 0.25) is 5.02 Å². The molecule has 0 radical (unpaired) electrons. The topological polar surface area (TPSA) is 20.2 Å². The van der Waals surface area contributed by atoms with Crippen LogP contribution < -0.4 is 0 Å². The molecule has 1 N–H and O–H groups in total. The molecule has 1 rings (SSSR count). The molecule has 0 unspecified atom stereocenters. The van der Waals surface area contributed by atoms with Crippen LogP contribution in [0, 0.1) is 13.8 Å². The fraction of sp³-hybridized carbons (Fsp3) is 0.400. The third kappa shape index (κ3) is 2.74. The van der Waals surface area contributed by atoms with E-state index in [1.165, 1.54) is 0 Å².